The Morgan fingerprint density at radius 1 is 0.971 bits per heavy atom. The Morgan fingerprint density at radius 3 is 2.20 bits per heavy atom. The van der Waals surface area contributed by atoms with E-state index in [1.165, 1.54) is 5.56 Å². The van der Waals surface area contributed by atoms with Gasteiger partial charge in [-0.05, 0) is 41.5 Å². The molecule has 1 fully saturated rings. The van der Waals surface area contributed by atoms with E-state index in [1.54, 1.807) is 27.5 Å². The molecule has 2 aromatic carbocycles. The van der Waals surface area contributed by atoms with Gasteiger partial charge in [0.15, 0.2) is 17.3 Å². The lowest BCUT2D eigenvalue weighted by atomic mass is 9.74. The second kappa shape index (κ2) is 10.3. The van der Waals surface area contributed by atoms with Crippen LogP contribution < -0.4 is 14.2 Å². The number of aromatic nitrogens is 1. The van der Waals surface area contributed by atoms with Crippen LogP contribution in [0, 0.1) is 5.41 Å². The summed E-state index contributed by atoms with van der Waals surface area (Å²) in [4.78, 5) is 20.7. The van der Waals surface area contributed by atoms with Crippen molar-refractivity contribution in [1.82, 2.24) is 9.88 Å². The minimum Gasteiger partial charge on any atom is -0.493 e. The van der Waals surface area contributed by atoms with Crippen LogP contribution in [0.25, 0.3) is 6.08 Å². The molecular formula is C29H32N2O4. The zero-order valence-corrected chi connectivity index (χ0v) is 20.9. The third-order valence-corrected chi connectivity index (χ3v) is 6.36. The average Bonchev–Trinajstić information content (AvgIpc) is 2.87. The molecule has 0 amide bonds. The van der Waals surface area contributed by atoms with Gasteiger partial charge < -0.3 is 14.2 Å². The lowest BCUT2D eigenvalue weighted by Gasteiger charge is -2.44. The number of likely N-dealkylation sites (tertiary alicyclic amines) is 1. The third-order valence-electron chi connectivity index (χ3n) is 6.36. The summed E-state index contributed by atoms with van der Waals surface area (Å²) in [5.74, 6) is 1.73. The first-order valence-electron chi connectivity index (χ1n) is 11.6. The van der Waals surface area contributed by atoms with Crippen molar-refractivity contribution >= 4 is 11.9 Å². The number of nitrogens with zero attached hydrogens (tertiary/aromatic N) is 2. The number of benzene rings is 2. The molecule has 1 atom stereocenters. The normalized spacial score (nSPS) is 18.9. The molecule has 0 aliphatic carbocycles. The second-order valence-corrected chi connectivity index (χ2v) is 9.32. The molecule has 0 bridgehead atoms. The second-order valence-electron chi connectivity index (χ2n) is 9.32. The van der Waals surface area contributed by atoms with Gasteiger partial charge in [0.05, 0.1) is 33.1 Å². The van der Waals surface area contributed by atoms with Crippen molar-refractivity contribution in [1.29, 1.82) is 0 Å². The molecule has 1 aromatic heterocycles. The van der Waals surface area contributed by atoms with Gasteiger partial charge in [-0.25, -0.2) is 0 Å². The number of rotatable bonds is 7. The van der Waals surface area contributed by atoms with Gasteiger partial charge in [-0.3, -0.25) is 14.7 Å². The van der Waals surface area contributed by atoms with Crippen molar-refractivity contribution < 1.29 is 19.0 Å². The summed E-state index contributed by atoms with van der Waals surface area (Å²) in [5, 5.41) is 0. The molecular weight excluding hydrogens is 440 g/mol. The molecule has 4 rings (SSSR count). The molecule has 1 unspecified atom stereocenters. The fourth-order valence-corrected chi connectivity index (χ4v) is 4.76. The number of methoxy groups -OCH3 is 3. The zero-order valence-electron chi connectivity index (χ0n) is 20.9. The molecule has 1 saturated heterocycles. The van der Waals surface area contributed by atoms with Crippen LogP contribution in [0.5, 0.6) is 17.2 Å². The van der Waals surface area contributed by atoms with Gasteiger partial charge in [-0.15, -0.1) is 0 Å². The van der Waals surface area contributed by atoms with Crippen LogP contribution in [0.3, 0.4) is 0 Å². The van der Waals surface area contributed by atoms with E-state index >= 15 is 0 Å². The number of hydrogen-bond acceptors (Lipinski definition) is 6. The van der Waals surface area contributed by atoms with Crippen molar-refractivity contribution in [3.63, 3.8) is 0 Å². The number of ketones is 1. The monoisotopic (exact) mass is 472 g/mol. The molecule has 35 heavy (non-hydrogen) atoms. The Kier molecular flexibility index (Phi) is 7.22. The molecule has 0 radical (unpaired) electrons. The number of carbonyl (C=O) groups is 1. The van der Waals surface area contributed by atoms with Gasteiger partial charge in [0.25, 0.3) is 0 Å². The van der Waals surface area contributed by atoms with Gasteiger partial charge in [-0.2, -0.15) is 0 Å². The summed E-state index contributed by atoms with van der Waals surface area (Å²) in [6, 6.07) is 19.5. The first-order valence-corrected chi connectivity index (χ1v) is 11.6. The van der Waals surface area contributed by atoms with Gasteiger partial charge in [-0.1, -0.05) is 50.2 Å². The number of carbonyl (C=O) groups excluding carboxylic acids is 1. The van der Waals surface area contributed by atoms with E-state index in [1.807, 2.05) is 68.5 Å². The lowest BCUT2D eigenvalue weighted by molar-refractivity contribution is -0.128. The number of hydrogen-bond donors (Lipinski definition) is 0. The van der Waals surface area contributed by atoms with Crippen LogP contribution in [0.2, 0.25) is 0 Å². The van der Waals surface area contributed by atoms with Gasteiger partial charge in [0.2, 0.25) is 5.75 Å². The summed E-state index contributed by atoms with van der Waals surface area (Å²) in [6.45, 7) is 5.29. The maximum atomic E-state index is 13.9. The summed E-state index contributed by atoms with van der Waals surface area (Å²) in [5.41, 5.74) is 2.93. The molecule has 6 heteroatoms. The molecule has 1 aliphatic heterocycles. The Bertz CT molecular complexity index is 1180. The first-order chi connectivity index (χ1) is 16.9. The van der Waals surface area contributed by atoms with Crippen molar-refractivity contribution in [3.8, 4) is 17.2 Å². The standard InChI is InChI=1S/C29H32N2O4/c1-29(2)19-31(18-20-11-7-6-8-12-20)26(23(28(29)32)17-22-13-9-10-14-30-22)21-15-24(33-3)27(35-5)25(16-21)34-4/h6-17,26H,18-19H2,1-5H3. The summed E-state index contributed by atoms with van der Waals surface area (Å²) in [6.07, 6.45) is 3.65. The molecule has 1 aliphatic rings. The van der Waals surface area contributed by atoms with Crippen molar-refractivity contribution in [2.45, 2.75) is 26.4 Å². The number of Topliss-reactive ketones (excluding diaryl/α,β-unsaturated/α-hetero) is 1. The highest BCUT2D eigenvalue weighted by atomic mass is 16.5. The quantitative estimate of drug-likeness (QED) is 0.433. The van der Waals surface area contributed by atoms with Crippen LogP contribution in [-0.4, -0.2) is 43.5 Å². The SMILES string of the molecule is COc1cc(C2C(=Cc3ccccn3)C(=O)C(C)(C)CN2Cc2ccccc2)cc(OC)c1OC. The topological polar surface area (TPSA) is 60.9 Å². The van der Waals surface area contributed by atoms with E-state index in [2.05, 4.69) is 22.0 Å². The minimum atomic E-state index is -0.563. The van der Waals surface area contributed by atoms with Gasteiger partial charge >= 0.3 is 0 Å². The minimum absolute atomic E-state index is 0.103. The molecule has 6 nitrogen and oxygen atoms in total. The molecule has 0 N–H and O–H groups in total. The third kappa shape index (κ3) is 5.08. The summed E-state index contributed by atoms with van der Waals surface area (Å²) in [7, 11) is 4.78. The Hall–Kier alpha value is -3.64. The van der Waals surface area contributed by atoms with E-state index < -0.39 is 5.41 Å². The molecule has 182 valence electrons. The predicted octanol–water partition coefficient (Wildman–Crippen LogP) is 5.34. The summed E-state index contributed by atoms with van der Waals surface area (Å²) < 4.78 is 16.8. The van der Waals surface area contributed by atoms with Crippen LogP contribution in [0.15, 0.2) is 72.4 Å². The Morgan fingerprint density at radius 2 is 1.63 bits per heavy atom. The predicted molar refractivity (Wildman–Crippen MR) is 137 cm³/mol. The van der Waals surface area contributed by atoms with Crippen molar-refractivity contribution in [2.24, 2.45) is 5.41 Å². The Labute approximate surface area is 207 Å². The molecule has 2 heterocycles. The molecule has 0 saturated carbocycles. The summed E-state index contributed by atoms with van der Waals surface area (Å²) >= 11 is 0. The largest absolute Gasteiger partial charge is 0.493 e. The van der Waals surface area contributed by atoms with Crippen LogP contribution >= 0.6 is 0 Å². The smallest absolute Gasteiger partial charge is 0.203 e. The highest BCUT2D eigenvalue weighted by molar-refractivity contribution is 6.05. The highest BCUT2D eigenvalue weighted by Crippen LogP contribution is 2.46. The number of ether oxygens (including phenoxy) is 3. The van der Waals surface area contributed by atoms with Crippen molar-refractivity contribution in [3.05, 3.63) is 89.3 Å². The fourth-order valence-electron chi connectivity index (χ4n) is 4.76. The zero-order chi connectivity index (χ0) is 25.0. The van der Waals surface area contributed by atoms with E-state index in [-0.39, 0.29) is 11.8 Å². The maximum Gasteiger partial charge on any atom is 0.203 e. The maximum absolute atomic E-state index is 13.9. The van der Waals surface area contributed by atoms with E-state index in [9.17, 15) is 4.79 Å². The Balaban J connectivity index is 1.92. The van der Waals surface area contributed by atoms with Gasteiger partial charge in [0, 0.05) is 30.3 Å². The van der Waals surface area contributed by atoms with Crippen molar-refractivity contribution in [2.75, 3.05) is 27.9 Å². The number of pyridine rings is 1. The number of piperidine rings is 1. The van der Waals surface area contributed by atoms with Crippen LogP contribution in [0.1, 0.15) is 36.7 Å². The van der Waals surface area contributed by atoms with Gasteiger partial charge in [0.1, 0.15) is 0 Å². The first kappa shape index (κ1) is 24.5. The fraction of sp³-hybridized carbons (Fsp3) is 0.310. The molecule has 0 spiro atoms. The van der Waals surface area contributed by atoms with E-state index in [0.717, 1.165) is 11.3 Å². The van der Waals surface area contributed by atoms with Crippen LogP contribution in [0.4, 0.5) is 0 Å². The average molecular weight is 473 g/mol. The van der Waals surface area contributed by atoms with E-state index in [4.69, 9.17) is 14.2 Å². The molecule has 3 aromatic rings. The van der Waals surface area contributed by atoms with E-state index in [0.29, 0.717) is 35.9 Å². The lowest BCUT2D eigenvalue weighted by Crippen LogP contribution is -2.49. The van der Waals surface area contributed by atoms with Crippen LogP contribution in [-0.2, 0) is 11.3 Å². The highest BCUT2D eigenvalue weighted by Gasteiger charge is 2.44.